The Hall–Kier alpha value is -2.02. The molecule has 2 aliphatic heterocycles. The summed E-state index contributed by atoms with van der Waals surface area (Å²) in [5.74, 6) is 0.173. The van der Waals surface area contributed by atoms with E-state index in [-0.39, 0.29) is 22.4 Å². The Morgan fingerprint density at radius 2 is 2.23 bits per heavy atom. The molecule has 2 aromatic rings. The molecule has 7 heteroatoms. The lowest BCUT2D eigenvalue weighted by molar-refractivity contribution is 0.120. The number of piperazine rings is 1. The van der Waals surface area contributed by atoms with Crippen LogP contribution in [0.2, 0.25) is 5.02 Å². The van der Waals surface area contributed by atoms with E-state index in [1.165, 1.54) is 25.3 Å². The highest BCUT2D eigenvalue weighted by molar-refractivity contribution is 6.35. The van der Waals surface area contributed by atoms with Gasteiger partial charge >= 0.3 is 0 Å². The summed E-state index contributed by atoms with van der Waals surface area (Å²) in [6, 6.07) is 6.23. The molecular formula is C19H20ClFN2O3. The predicted octanol–water partition coefficient (Wildman–Crippen LogP) is 3.03. The number of rotatable bonds is 2. The molecule has 2 aliphatic rings. The molecule has 2 heterocycles. The number of aromatic hydroxyl groups is 1. The first-order chi connectivity index (χ1) is 12.6. The third-order valence-electron chi connectivity index (χ3n) is 4.99. The van der Waals surface area contributed by atoms with Gasteiger partial charge in [-0.3, -0.25) is 4.90 Å². The highest BCUT2D eigenvalue weighted by Gasteiger charge is 2.31. The van der Waals surface area contributed by atoms with Gasteiger partial charge in [0.2, 0.25) is 0 Å². The molecule has 1 atom stereocenters. The Labute approximate surface area is 156 Å². The Bertz CT molecular complexity index is 826. The topological polar surface area (TPSA) is 54.0 Å². The van der Waals surface area contributed by atoms with E-state index in [9.17, 15) is 9.50 Å². The van der Waals surface area contributed by atoms with Gasteiger partial charge in [0.1, 0.15) is 29.7 Å². The fourth-order valence-corrected chi connectivity index (χ4v) is 4.02. The van der Waals surface area contributed by atoms with E-state index in [1.807, 2.05) is 6.07 Å². The number of nitrogens with one attached hydrogen (secondary N) is 1. The number of phenols is 1. The second-order valence-corrected chi connectivity index (χ2v) is 6.91. The zero-order chi connectivity index (χ0) is 18.3. The van der Waals surface area contributed by atoms with Gasteiger partial charge in [0, 0.05) is 31.7 Å². The van der Waals surface area contributed by atoms with Gasteiger partial charge < -0.3 is 19.9 Å². The first kappa shape index (κ1) is 17.4. The molecule has 0 bridgehead atoms. The van der Waals surface area contributed by atoms with Crippen LogP contribution in [0.3, 0.4) is 0 Å². The van der Waals surface area contributed by atoms with E-state index in [1.54, 1.807) is 0 Å². The van der Waals surface area contributed by atoms with E-state index in [2.05, 4.69) is 10.2 Å². The van der Waals surface area contributed by atoms with Crippen molar-refractivity contribution in [1.29, 1.82) is 0 Å². The smallest absolute Gasteiger partial charge is 0.143 e. The summed E-state index contributed by atoms with van der Waals surface area (Å²) in [7, 11) is 1.50. The average Bonchev–Trinajstić information content (AvgIpc) is 2.82. The van der Waals surface area contributed by atoms with Crippen molar-refractivity contribution in [3.8, 4) is 28.4 Å². The van der Waals surface area contributed by atoms with Gasteiger partial charge in [0.25, 0.3) is 0 Å². The van der Waals surface area contributed by atoms with E-state index < -0.39 is 5.82 Å². The van der Waals surface area contributed by atoms with E-state index in [0.717, 1.165) is 25.2 Å². The molecule has 2 aromatic carbocycles. The van der Waals surface area contributed by atoms with Gasteiger partial charge in [-0.2, -0.15) is 0 Å². The van der Waals surface area contributed by atoms with Crippen molar-refractivity contribution in [2.45, 2.75) is 12.6 Å². The Morgan fingerprint density at radius 1 is 1.38 bits per heavy atom. The average molecular weight is 379 g/mol. The van der Waals surface area contributed by atoms with Gasteiger partial charge in [0.05, 0.1) is 29.3 Å². The molecule has 4 rings (SSSR count). The molecule has 2 N–H and O–H groups in total. The van der Waals surface area contributed by atoms with E-state index in [4.69, 9.17) is 21.1 Å². The van der Waals surface area contributed by atoms with Gasteiger partial charge in [0.15, 0.2) is 0 Å². The van der Waals surface area contributed by atoms with Crippen molar-refractivity contribution in [2.24, 2.45) is 0 Å². The monoisotopic (exact) mass is 378 g/mol. The maximum atomic E-state index is 14.5. The minimum absolute atomic E-state index is 0.0180. The highest BCUT2D eigenvalue weighted by Crippen LogP contribution is 2.48. The van der Waals surface area contributed by atoms with Crippen molar-refractivity contribution < 1.29 is 19.0 Å². The van der Waals surface area contributed by atoms with Crippen LogP contribution in [-0.2, 0) is 6.54 Å². The second kappa shape index (κ2) is 6.95. The van der Waals surface area contributed by atoms with Crippen LogP contribution in [0.4, 0.5) is 4.39 Å². The van der Waals surface area contributed by atoms with Crippen molar-refractivity contribution in [3.63, 3.8) is 0 Å². The van der Waals surface area contributed by atoms with Crippen LogP contribution in [0.25, 0.3) is 11.1 Å². The molecule has 0 aliphatic carbocycles. The second-order valence-electron chi connectivity index (χ2n) is 6.53. The van der Waals surface area contributed by atoms with Crippen LogP contribution in [0.5, 0.6) is 17.2 Å². The van der Waals surface area contributed by atoms with Crippen molar-refractivity contribution in [1.82, 2.24) is 10.2 Å². The number of hydrogen-bond acceptors (Lipinski definition) is 5. The molecule has 0 unspecified atom stereocenters. The van der Waals surface area contributed by atoms with Crippen LogP contribution >= 0.6 is 11.6 Å². The number of hydrogen-bond donors (Lipinski definition) is 2. The maximum absolute atomic E-state index is 14.5. The summed E-state index contributed by atoms with van der Waals surface area (Å²) >= 11 is 6.64. The Balaban J connectivity index is 1.87. The largest absolute Gasteiger partial charge is 0.507 e. The normalized spacial score (nSPS) is 19.9. The number of methoxy groups -OCH3 is 1. The Kier molecular flexibility index (Phi) is 4.65. The SMILES string of the molecule is COc1cc2c(c(Cl)c1-c1c(O)cccc1F)OC[C@H]1CNCCN1C2. The quantitative estimate of drug-likeness (QED) is 0.841. The molecule has 0 spiro atoms. The minimum atomic E-state index is -0.569. The number of halogens is 2. The molecule has 0 saturated carbocycles. The third-order valence-corrected chi connectivity index (χ3v) is 5.35. The Morgan fingerprint density at radius 3 is 3.00 bits per heavy atom. The summed E-state index contributed by atoms with van der Waals surface area (Å²) in [5.41, 5.74) is 1.22. The summed E-state index contributed by atoms with van der Waals surface area (Å²) in [5, 5.41) is 13.8. The molecule has 5 nitrogen and oxygen atoms in total. The number of nitrogens with zero attached hydrogens (tertiary/aromatic N) is 1. The number of phenolic OH excluding ortho intramolecular Hbond substituents is 1. The van der Waals surface area contributed by atoms with Crippen LogP contribution in [0, 0.1) is 5.82 Å². The first-order valence-corrected chi connectivity index (χ1v) is 8.92. The lowest BCUT2D eigenvalue weighted by Gasteiger charge is -2.33. The first-order valence-electron chi connectivity index (χ1n) is 8.55. The summed E-state index contributed by atoms with van der Waals surface area (Å²) < 4.78 is 26.0. The van der Waals surface area contributed by atoms with Crippen LogP contribution in [-0.4, -0.2) is 49.4 Å². The zero-order valence-electron chi connectivity index (χ0n) is 14.4. The highest BCUT2D eigenvalue weighted by atomic mass is 35.5. The van der Waals surface area contributed by atoms with E-state index in [0.29, 0.717) is 30.2 Å². The van der Waals surface area contributed by atoms with Crippen molar-refractivity contribution >= 4 is 11.6 Å². The third kappa shape index (κ3) is 2.88. The number of benzene rings is 2. The van der Waals surface area contributed by atoms with Crippen LogP contribution in [0.15, 0.2) is 24.3 Å². The molecule has 138 valence electrons. The molecule has 1 saturated heterocycles. The van der Waals surface area contributed by atoms with Gasteiger partial charge in [-0.15, -0.1) is 0 Å². The number of ether oxygens (including phenoxy) is 2. The lowest BCUT2D eigenvalue weighted by atomic mass is 9.99. The van der Waals surface area contributed by atoms with Crippen LogP contribution in [0.1, 0.15) is 5.56 Å². The predicted molar refractivity (Wildman–Crippen MR) is 97.6 cm³/mol. The van der Waals surface area contributed by atoms with E-state index >= 15 is 0 Å². The zero-order valence-corrected chi connectivity index (χ0v) is 15.1. The van der Waals surface area contributed by atoms with Crippen molar-refractivity contribution in [2.75, 3.05) is 33.4 Å². The number of fused-ring (bicyclic) bond motifs is 2. The molecule has 0 radical (unpaired) electrons. The molecule has 1 fully saturated rings. The maximum Gasteiger partial charge on any atom is 0.143 e. The van der Waals surface area contributed by atoms with Gasteiger partial charge in [-0.25, -0.2) is 4.39 Å². The van der Waals surface area contributed by atoms with Gasteiger partial charge in [-0.1, -0.05) is 17.7 Å². The lowest BCUT2D eigenvalue weighted by Crippen LogP contribution is -2.52. The van der Waals surface area contributed by atoms with Crippen molar-refractivity contribution in [3.05, 3.63) is 40.7 Å². The molecule has 26 heavy (non-hydrogen) atoms. The summed E-state index contributed by atoms with van der Waals surface area (Å²) in [6.45, 7) is 3.88. The molecular weight excluding hydrogens is 359 g/mol. The summed E-state index contributed by atoms with van der Waals surface area (Å²) in [4.78, 5) is 2.35. The van der Waals surface area contributed by atoms with Gasteiger partial charge in [-0.05, 0) is 18.2 Å². The summed E-state index contributed by atoms with van der Waals surface area (Å²) in [6.07, 6.45) is 0. The minimum Gasteiger partial charge on any atom is -0.507 e. The fourth-order valence-electron chi connectivity index (χ4n) is 3.66. The molecule has 0 aromatic heterocycles. The fraction of sp³-hybridized carbons (Fsp3) is 0.368. The standard InChI is InChI=1S/C19H20ClFN2O3/c1-25-15-7-11-9-23-6-5-22-8-12(23)10-26-19(11)18(20)17(15)16-13(21)3-2-4-14(16)24/h2-4,7,12,22,24H,5-6,8-10H2,1H3/t12-/m1/s1. The van der Waals surface area contributed by atoms with Crippen LogP contribution < -0.4 is 14.8 Å². The molecule has 0 amide bonds.